The minimum absolute atomic E-state index is 0.0388. The second-order valence-electron chi connectivity index (χ2n) is 5.64. The molecule has 1 unspecified atom stereocenters. The highest BCUT2D eigenvalue weighted by molar-refractivity contribution is 7.10. The molecule has 21 heavy (non-hydrogen) atoms. The fourth-order valence-corrected chi connectivity index (χ4v) is 3.05. The second-order valence-corrected chi connectivity index (χ2v) is 6.59. The first kappa shape index (κ1) is 15.8. The molecule has 1 atom stereocenters. The molecular weight excluding hydrogens is 292 g/mol. The number of hydrogen-bond donors (Lipinski definition) is 2. The average molecular weight is 312 g/mol. The highest BCUT2D eigenvalue weighted by Crippen LogP contribution is 2.26. The molecule has 0 spiro atoms. The molecule has 1 saturated heterocycles. The van der Waals surface area contributed by atoms with Crippen LogP contribution < -0.4 is 5.32 Å². The van der Waals surface area contributed by atoms with Gasteiger partial charge in [0.1, 0.15) is 0 Å². The number of ether oxygens (including phenoxy) is 1. The summed E-state index contributed by atoms with van der Waals surface area (Å²) in [6.07, 6.45) is 0. The standard InChI is InChI=1S/C14H20N2O4S/c1-14(2,11-4-3-7-21-11)9-15-13(19)16-5-6-20-8-10(16)12(17)18/h3-4,7,10H,5-6,8-9H2,1-2H3,(H,15,19)(H,17,18). The molecule has 1 aromatic rings. The Morgan fingerprint density at radius 1 is 1.57 bits per heavy atom. The van der Waals surface area contributed by atoms with Gasteiger partial charge in [0.05, 0.1) is 13.2 Å². The lowest BCUT2D eigenvalue weighted by molar-refractivity contribution is -0.147. The van der Waals surface area contributed by atoms with Crippen LogP contribution in [0.5, 0.6) is 0 Å². The lowest BCUT2D eigenvalue weighted by atomic mass is 9.91. The van der Waals surface area contributed by atoms with Crippen LogP contribution >= 0.6 is 11.3 Å². The van der Waals surface area contributed by atoms with E-state index in [0.29, 0.717) is 19.7 Å². The fraction of sp³-hybridized carbons (Fsp3) is 0.571. The summed E-state index contributed by atoms with van der Waals surface area (Å²) in [5.74, 6) is -1.04. The van der Waals surface area contributed by atoms with E-state index >= 15 is 0 Å². The first-order chi connectivity index (χ1) is 9.92. The summed E-state index contributed by atoms with van der Waals surface area (Å²) in [4.78, 5) is 25.9. The number of carboxylic acid groups (broad SMARTS) is 1. The number of hydrogen-bond acceptors (Lipinski definition) is 4. The van der Waals surface area contributed by atoms with Gasteiger partial charge in [0.15, 0.2) is 6.04 Å². The number of aliphatic carboxylic acids is 1. The van der Waals surface area contributed by atoms with E-state index in [1.54, 1.807) is 11.3 Å². The fourth-order valence-electron chi connectivity index (χ4n) is 2.20. The van der Waals surface area contributed by atoms with Crippen molar-refractivity contribution in [3.8, 4) is 0 Å². The van der Waals surface area contributed by atoms with Gasteiger partial charge in [-0.25, -0.2) is 9.59 Å². The lowest BCUT2D eigenvalue weighted by Gasteiger charge is -2.34. The van der Waals surface area contributed by atoms with Crippen molar-refractivity contribution in [2.45, 2.75) is 25.3 Å². The van der Waals surface area contributed by atoms with E-state index in [2.05, 4.69) is 5.32 Å². The molecule has 1 aromatic heterocycles. The molecule has 0 saturated carbocycles. The molecule has 2 amide bonds. The van der Waals surface area contributed by atoms with E-state index in [-0.39, 0.29) is 18.1 Å². The topological polar surface area (TPSA) is 78.9 Å². The van der Waals surface area contributed by atoms with Crippen LogP contribution in [0, 0.1) is 0 Å². The van der Waals surface area contributed by atoms with Gasteiger partial charge in [0.2, 0.25) is 0 Å². The minimum Gasteiger partial charge on any atom is -0.480 e. The van der Waals surface area contributed by atoms with Crippen LogP contribution in [-0.2, 0) is 14.9 Å². The summed E-state index contributed by atoms with van der Waals surface area (Å²) in [5.41, 5.74) is -0.186. The van der Waals surface area contributed by atoms with Crippen molar-refractivity contribution in [3.63, 3.8) is 0 Å². The van der Waals surface area contributed by atoms with Gasteiger partial charge in [-0.1, -0.05) is 19.9 Å². The van der Waals surface area contributed by atoms with Crippen LogP contribution in [0.1, 0.15) is 18.7 Å². The third-order valence-corrected chi connectivity index (χ3v) is 4.78. The first-order valence-corrected chi connectivity index (χ1v) is 7.69. The highest BCUT2D eigenvalue weighted by atomic mass is 32.1. The van der Waals surface area contributed by atoms with Gasteiger partial charge in [-0.05, 0) is 11.4 Å². The Kier molecular flexibility index (Phi) is 4.84. The van der Waals surface area contributed by atoms with Gasteiger partial charge in [-0.15, -0.1) is 11.3 Å². The number of carbonyl (C=O) groups excluding carboxylic acids is 1. The zero-order valence-electron chi connectivity index (χ0n) is 12.2. The second kappa shape index (κ2) is 6.44. The molecular formula is C14H20N2O4S. The maximum Gasteiger partial charge on any atom is 0.328 e. The van der Waals surface area contributed by atoms with Crippen LogP contribution in [0.15, 0.2) is 17.5 Å². The molecule has 0 aromatic carbocycles. The molecule has 6 nitrogen and oxygen atoms in total. The zero-order chi connectivity index (χ0) is 15.5. The molecule has 7 heteroatoms. The number of amides is 2. The minimum atomic E-state index is -1.04. The number of urea groups is 1. The van der Waals surface area contributed by atoms with E-state index in [0.717, 1.165) is 0 Å². The van der Waals surface area contributed by atoms with Gasteiger partial charge in [-0.2, -0.15) is 0 Å². The number of morpholine rings is 1. The van der Waals surface area contributed by atoms with Crippen LogP contribution in [0.3, 0.4) is 0 Å². The van der Waals surface area contributed by atoms with Gasteiger partial charge in [-0.3, -0.25) is 0 Å². The summed E-state index contributed by atoms with van der Waals surface area (Å²) in [6, 6.07) is 2.75. The Hall–Kier alpha value is -1.60. The van der Waals surface area contributed by atoms with Gasteiger partial charge < -0.3 is 20.1 Å². The Morgan fingerprint density at radius 2 is 2.33 bits per heavy atom. The number of thiophene rings is 1. The molecule has 0 aliphatic carbocycles. The molecule has 0 bridgehead atoms. The van der Waals surface area contributed by atoms with Gasteiger partial charge in [0, 0.05) is 23.4 Å². The van der Waals surface area contributed by atoms with Crippen LogP contribution in [0.4, 0.5) is 4.79 Å². The Bertz CT molecular complexity index is 501. The quantitative estimate of drug-likeness (QED) is 0.883. The summed E-state index contributed by atoms with van der Waals surface area (Å²) < 4.78 is 5.13. The molecule has 2 heterocycles. The maximum absolute atomic E-state index is 12.2. The molecule has 0 radical (unpaired) electrons. The summed E-state index contributed by atoms with van der Waals surface area (Å²) in [6.45, 7) is 5.25. The number of nitrogens with zero attached hydrogens (tertiary/aromatic N) is 1. The van der Waals surface area contributed by atoms with E-state index in [4.69, 9.17) is 9.84 Å². The Morgan fingerprint density at radius 3 is 2.95 bits per heavy atom. The van der Waals surface area contributed by atoms with Crippen molar-refractivity contribution >= 4 is 23.3 Å². The third-order valence-electron chi connectivity index (χ3n) is 3.54. The predicted octanol–water partition coefficient (Wildman–Crippen LogP) is 1.52. The molecule has 2 rings (SSSR count). The van der Waals surface area contributed by atoms with Gasteiger partial charge in [0.25, 0.3) is 0 Å². The van der Waals surface area contributed by atoms with E-state index < -0.39 is 12.0 Å². The predicted molar refractivity (Wildman–Crippen MR) is 79.7 cm³/mol. The molecule has 1 aliphatic heterocycles. The summed E-state index contributed by atoms with van der Waals surface area (Å²) >= 11 is 1.64. The zero-order valence-corrected chi connectivity index (χ0v) is 13.0. The molecule has 2 N–H and O–H groups in total. The number of nitrogens with one attached hydrogen (secondary N) is 1. The van der Waals surface area contributed by atoms with Crippen molar-refractivity contribution in [2.24, 2.45) is 0 Å². The largest absolute Gasteiger partial charge is 0.480 e. The van der Waals surface area contributed by atoms with Crippen molar-refractivity contribution in [2.75, 3.05) is 26.3 Å². The lowest BCUT2D eigenvalue weighted by Crippen LogP contribution is -2.56. The SMILES string of the molecule is CC(C)(CNC(=O)N1CCOCC1C(=O)O)c1cccs1. The monoisotopic (exact) mass is 312 g/mol. The van der Waals surface area contributed by atoms with E-state index in [9.17, 15) is 9.59 Å². The third kappa shape index (κ3) is 3.74. The van der Waals surface area contributed by atoms with Crippen molar-refractivity contribution in [1.29, 1.82) is 0 Å². The number of carboxylic acids is 1. The van der Waals surface area contributed by atoms with Gasteiger partial charge >= 0.3 is 12.0 Å². The summed E-state index contributed by atoms with van der Waals surface area (Å²) in [5, 5.41) is 14.0. The maximum atomic E-state index is 12.2. The Labute approximate surface area is 127 Å². The van der Waals surface area contributed by atoms with Crippen molar-refractivity contribution in [3.05, 3.63) is 22.4 Å². The average Bonchev–Trinajstić information content (AvgIpc) is 3.00. The molecule has 1 fully saturated rings. The molecule has 1 aliphatic rings. The first-order valence-electron chi connectivity index (χ1n) is 6.81. The smallest absolute Gasteiger partial charge is 0.328 e. The highest BCUT2D eigenvalue weighted by Gasteiger charge is 2.33. The number of carbonyl (C=O) groups is 2. The Balaban J connectivity index is 1.96. The summed E-state index contributed by atoms with van der Waals surface area (Å²) in [7, 11) is 0. The van der Waals surface area contributed by atoms with Crippen molar-refractivity contribution in [1.82, 2.24) is 10.2 Å². The van der Waals surface area contributed by atoms with E-state index in [1.165, 1.54) is 9.78 Å². The van der Waals surface area contributed by atoms with Crippen molar-refractivity contribution < 1.29 is 19.4 Å². The van der Waals surface area contributed by atoms with E-state index in [1.807, 2.05) is 31.4 Å². The normalized spacial score (nSPS) is 19.3. The van der Waals surface area contributed by atoms with Crippen LogP contribution in [-0.4, -0.2) is 54.4 Å². The van der Waals surface area contributed by atoms with Crippen LogP contribution in [0.2, 0.25) is 0 Å². The molecule has 116 valence electrons. The van der Waals surface area contributed by atoms with Crippen LogP contribution in [0.25, 0.3) is 0 Å². The number of rotatable bonds is 4.